The van der Waals surface area contributed by atoms with E-state index in [1.165, 1.54) is 0 Å². The van der Waals surface area contributed by atoms with Gasteiger partial charge in [0.15, 0.2) is 17.2 Å². The van der Waals surface area contributed by atoms with Crippen LogP contribution in [0.5, 0.6) is 11.5 Å². The molecule has 0 N–H and O–H groups in total. The van der Waals surface area contributed by atoms with Crippen LogP contribution in [0.25, 0.3) is 0 Å². The molecule has 0 fully saturated rings. The number of carbonyl (C=O) groups is 1. The summed E-state index contributed by atoms with van der Waals surface area (Å²) >= 11 is 0. The van der Waals surface area contributed by atoms with Gasteiger partial charge < -0.3 is 18.9 Å². The molecule has 1 aliphatic heterocycles. The van der Waals surface area contributed by atoms with E-state index < -0.39 is 0 Å². The molecule has 0 atom stereocenters. The summed E-state index contributed by atoms with van der Waals surface area (Å²) in [6.07, 6.45) is 0. The van der Waals surface area contributed by atoms with Crippen LogP contribution in [0.1, 0.15) is 28.7 Å². The van der Waals surface area contributed by atoms with Crippen molar-refractivity contribution in [1.82, 2.24) is 10.1 Å². The fourth-order valence-electron chi connectivity index (χ4n) is 2.22. The summed E-state index contributed by atoms with van der Waals surface area (Å²) in [5.41, 5.74) is 1.31. The second-order valence-corrected chi connectivity index (χ2v) is 4.83. The largest absolute Gasteiger partial charge is 0.454 e. The third-order valence-corrected chi connectivity index (χ3v) is 3.33. The average Bonchev–Trinajstić information content (AvgIpc) is 3.12. The van der Waals surface area contributed by atoms with E-state index in [9.17, 15) is 4.79 Å². The van der Waals surface area contributed by atoms with Crippen LogP contribution in [0, 0.1) is 6.92 Å². The summed E-state index contributed by atoms with van der Waals surface area (Å²) in [4.78, 5) is 14.1. The van der Waals surface area contributed by atoms with Gasteiger partial charge in [0.2, 0.25) is 6.79 Å². The Morgan fingerprint density at radius 2 is 2.10 bits per heavy atom. The number of hydrogen-bond donors (Lipinski definition) is 0. The average molecular weight is 288 g/mol. The van der Waals surface area contributed by atoms with E-state index in [1.54, 1.807) is 17.9 Å². The topological polar surface area (TPSA) is 64.8 Å². The second-order valence-electron chi connectivity index (χ2n) is 4.83. The quantitative estimate of drug-likeness (QED) is 0.864. The first-order chi connectivity index (χ1) is 10.2. The maximum atomic E-state index is 12.4. The third-order valence-electron chi connectivity index (χ3n) is 3.33. The minimum absolute atomic E-state index is 0.146. The van der Waals surface area contributed by atoms with Gasteiger partial charge in [0.1, 0.15) is 5.76 Å². The van der Waals surface area contributed by atoms with Gasteiger partial charge >= 0.3 is 0 Å². The Balaban J connectivity index is 1.76. The van der Waals surface area contributed by atoms with Gasteiger partial charge in [0.05, 0.1) is 0 Å². The van der Waals surface area contributed by atoms with E-state index in [4.69, 9.17) is 14.0 Å². The van der Waals surface area contributed by atoms with Gasteiger partial charge in [0, 0.05) is 19.2 Å². The van der Waals surface area contributed by atoms with E-state index in [0.29, 0.717) is 30.3 Å². The van der Waals surface area contributed by atoms with E-state index in [1.807, 2.05) is 25.1 Å². The minimum atomic E-state index is -0.146. The lowest BCUT2D eigenvalue weighted by molar-refractivity contribution is 0.0742. The summed E-state index contributed by atoms with van der Waals surface area (Å²) in [5.74, 6) is 1.93. The predicted octanol–water partition coefficient (Wildman–Crippen LogP) is 2.37. The highest BCUT2D eigenvalue weighted by Gasteiger charge is 2.20. The van der Waals surface area contributed by atoms with Gasteiger partial charge in [-0.05, 0) is 31.5 Å². The van der Waals surface area contributed by atoms with Crippen molar-refractivity contribution >= 4 is 5.91 Å². The summed E-state index contributed by atoms with van der Waals surface area (Å²) in [6, 6.07) is 7.32. The number of benzene rings is 1. The highest BCUT2D eigenvalue weighted by Crippen LogP contribution is 2.32. The fourth-order valence-corrected chi connectivity index (χ4v) is 2.22. The fraction of sp³-hybridized carbons (Fsp3) is 0.333. The SMILES string of the molecule is CCN(Cc1ccc2c(c1)OCO2)C(=O)c1cc(C)on1. The van der Waals surface area contributed by atoms with E-state index >= 15 is 0 Å². The zero-order chi connectivity index (χ0) is 14.8. The number of fused-ring (bicyclic) bond motifs is 1. The molecule has 2 heterocycles. The highest BCUT2D eigenvalue weighted by molar-refractivity contribution is 5.92. The molecule has 0 radical (unpaired) electrons. The Morgan fingerprint density at radius 1 is 1.29 bits per heavy atom. The van der Waals surface area contributed by atoms with Crippen LogP contribution in [0.15, 0.2) is 28.8 Å². The molecule has 21 heavy (non-hydrogen) atoms. The van der Waals surface area contributed by atoms with Crippen molar-refractivity contribution in [3.63, 3.8) is 0 Å². The standard InChI is InChI=1S/C15H16N2O4/c1-3-17(15(18)12-6-10(2)21-16-12)8-11-4-5-13-14(7-11)20-9-19-13/h4-7H,3,8-9H2,1-2H3. The Labute approximate surface area is 122 Å². The van der Waals surface area contributed by atoms with Crippen molar-refractivity contribution < 1.29 is 18.8 Å². The third kappa shape index (κ3) is 2.69. The molecule has 1 aliphatic rings. The first-order valence-electron chi connectivity index (χ1n) is 6.78. The van der Waals surface area contributed by atoms with Gasteiger partial charge in [-0.1, -0.05) is 11.2 Å². The zero-order valence-electron chi connectivity index (χ0n) is 12.0. The molecule has 1 aromatic heterocycles. The van der Waals surface area contributed by atoms with E-state index in [2.05, 4.69) is 5.16 Å². The van der Waals surface area contributed by atoms with E-state index in [-0.39, 0.29) is 12.7 Å². The Hall–Kier alpha value is -2.50. The van der Waals surface area contributed by atoms with Crippen LogP contribution in [0.4, 0.5) is 0 Å². The van der Waals surface area contributed by atoms with Crippen LogP contribution in [0.3, 0.4) is 0 Å². The number of amides is 1. The molecule has 0 aliphatic carbocycles. The van der Waals surface area contributed by atoms with Crippen LogP contribution >= 0.6 is 0 Å². The lowest BCUT2D eigenvalue weighted by atomic mass is 10.2. The number of carbonyl (C=O) groups excluding carboxylic acids is 1. The molecular formula is C15H16N2O4. The van der Waals surface area contributed by atoms with Crippen LogP contribution in [-0.2, 0) is 6.54 Å². The highest BCUT2D eigenvalue weighted by atomic mass is 16.7. The molecule has 1 aromatic carbocycles. The maximum Gasteiger partial charge on any atom is 0.276 e. The molecular weight excluding hydrogens is 272 g/mol. The predicted molar refractivity (Wildman–Crippen MR) is 74.2 cm³/mol. The minimum Gasteiger partial charge on any atom is -0.454 e. The number of nitrogens with zero attached hydrogens (tertiary/aromatic N) is 2. The summed E-state index contributed by atoms with van der Waals surface area (Å²) in [7, 11) is 0. The summed E-state index contributed by atoms with van der Waals surface area (Å²) < 4.78 is 15.6. The van der Waals surface area contributed by atoms with Gasteiger partial charge in [-0.25, -0.2) is 0 Å². The lowest BCUT2D eigenvalue weighted by Gasteiger charge is -2.19. The lowest BCUT2D eigenvalue weighted by Crippen LogP contribution is -2.30. The monoisotopic (exact) mass is 288 g/mol. The number of hydrogen-bond acceptors (Lipinski definition) is 5. The number of ether oxygens (including phenoxy) is 2. The van der Waals surface area contributed by atoms with Gasteiger partial charge in [0.25, 0.3) is 5.91 Å². The molecule has 0 unspecified atom stereocenters. The van der Waals surface area contributed by atoms with Crippen molar-refractivity contribution in [3.8, 4) is 11.5 Å². The molecule has 6 heteroatoms. The van der Waals surface area contributed by atoms with Gasteiger partial charge in [-0.3, -0.25) is 4.79 Å². The first-order valence-corrected chi connectivity index (χ1v) is 6.78. The van der Waals surface area contributed by atoms with Gasteiger partial charge in [-0.15, -0.1) is 0 Å². The van der Waals surface area contributed by atoms with E-state index in [0.717, 1.165) is 11.3 Å². The molecule has 3 rings (SSSR count). The zero-order valence-corrected chi connectivity index (χ0v) is 12.0. The molecule has 0 saturated heterocycles. The van der Waals surface area contributed by atoms with Crippen molar-refractivity contribution in [1.29, 1.82) is 0 Å². The summed E-state index contributed by atoms with van der Waals surface area (Å²) in [6.45, 7) is 5.00. The van der Waals surface area contributed by atoms with Gasteiger partial charge in [-0.2, -0.15) is 0 Å². The molecule has 1 amide bonds. The van der Waals surface area contributed by atoms with Crippen molar-refractivity contribution in [2.24, 2.45) is 0 Å². The number of aromatic nitrogens is 1. The Kier molecular flexibility index (Phi) is 3.51. The van der Waals surface area contributed by atoms with Crippen LogP contribution in [-0.4, -0.2) is 29.3 Å². The van der Waals surface area contributed by atoms with Crippen LogP contribution in [0.2, 0.25) is 0 Å². The van der Waals surface area contributed by atoms with Crippen molar-refractivity contribution in [3.05, 3.63) is 41.3 Å². The Bertz CT molecular complexity index is 665. The maximum absolute atomic E-state index is 12.4. The van der Waals surface area contributed by atoms with Crippen molar-refractivity contribution in [2.75, 3.05) is 13.3 Å². The normalized spacial score (nSPS) is 12.5. The number of aryl methyl sites for hydroxylation is 1. The molecule has 0 spiro atoms. The molecule has 0 saturated carbocycles. The Morgan fingerprint density at radius 3 is 2.81 bits per heavy atom. The number of rotatable bonds is 4. The van der Waals surface area contributed by atoms with Crippen molar-refractivity contribution in [2.45, 2.75) is 20.4 Å². The first kappa shape index (κ1) is 13.5. The molecule has 6 nitrogen and oxygen atoms in total. The summed E-state index contributed by atoms with van der Waals surface area (Å²) in [5, 5.41) is 3.77. The smallest absolute Gasteiger partial charge is 0.276 e. The molecule has 110 valence electrons. The second kappa shape index (κ2) is 5.47. The molecule has 2 aromatic rings. The van der Waals surface area contributed by atoms with Crippen LogP contribution < -0.4 is 9.47 Å². The molecule has 0 bridgehead atoms.